The van der Waals surface area contributed by atoms with Gasteiger partial charge < -0.3 is 23.7 Å². The van der Waals surface area contributed by atoms with Gasteiger partial charge in [0.05, 0.1) is 24.6 Å². The lowest BCUT2D eigenvalue weighted by Gasteiger charge is -2.27. The maximum absolute atomic E-state index is 12.6. The number of ether oxygens (including phenoxy) is 1. The molecule has 0 spiro atoms. The summed E-state index contributed by atoms with van der Waals surface area (Å²) >= 11 is 0. The van der Waals surface area contributed by atoms with E-state index in [0.717, 1.165) is 64.3 Å². The Kier molecular flexibility index (Phi) is 11.4. The molecule has 1 heterocycles. The molecule has 7 nitrogen and oxygen atoms in total. The molecule has 1 N–H and O–H groups in total. The van der Waals surface area contributed by atoms with Crippen LogP contribution in [0.4, 0.5) is 0 Å². The monoisotopic (exact) mass is 546 g/mol. The zero-order valence-electron chi connectivity index (χ0n) is 23.8. The van der Waals surface area contributed by atoms with E-state index in [1.165, 1.54) is 22.8 Å². The second kappa shape index (κ2) is 15.4. The molecule has 1 saturated carbocycles. The van der Waals surface area contributed by atoms with Crippen molar-refractivity contribution in [3.63, 3.8) is 0 Å². The van der Waals surface area contributed by atoms with E-state index in [9.17, 15) is 9.59 Å². The van der Waals surface area contributed by atoms with Gasteiger partial charge in [-0.25, -0.2) is 0 Å². The SMILES string of the molecule is CCCOc1ccc2oc(ONCC=C3CCC(c4ccccc4CN(C)CCCCC=O)CC3)cc(=O)c2c1. The predicted octanol–water partition coefficient (Wildman–Crippen LogP) is 6.55. The molecule has 1 fully saturated rings. The van der Waals surface area contributed by atoms with Gasteiger partial charge >= 0.3 is 5.95 Å². The fourth-order valence-electron chi connectivity index (χ4n) is 5.33. The van der Waals surface area contributed by atoms with Crippen LogP contribution in [0, 0.1) is 0 Å². The van der Waals surface area contributed by atoms with Crippen molar-refractivity contribution < 1.29 is 18.8 Å². The molecule has 0 unspecified atom stereocenters. The number of nitrogens with one attached hydrogen (secondary N) is 1. The molecule has 1 aliphatic rings. The van der Waals surface area contributed by atoms with Crippen LogP contribution in [-0.2, 0) is 11.3 Å². The Hall–Kier alpha value is -3.42. The minimum atomic E-state index is -0.166. The van der Waals surface area contributed by atoms with Crippen molar-refractivity contribution in [2.45, 2.75) is 70.8 Å². The number of benzene rings is 2. The summed E-state index contributed by atoms with van der Waals surface area (Å²) < 4.78 is 11.4. The Morgan fingerprint density at radius 3 is 2.73 bits per heavy atom. The first kappa shape index (κ1) is 29.6. The topological polar surface area (TPSA) is 81.0 Å². The fourth-order valence-corrected chi connectivity index (χ4v) is 5.33. The maximum Gasteiger partial charge on any atom is 0.308 e. The summed E-state index contributed by atoms with van der Waals surface area (Å²) in [5.74, 6) is 1.38. The Labute approximate surface area is 237 Å². The number of carbonyl (C=O) groups is 1. The molecule has 3 aromatic rings. The van der Waals surface area contributed by atoms with E-state index in [2.05, 4.69) is 47.8 Å². The Morgan fingerprint density at radius 1 is 1.10 bits per heavy atom. The third kappa shape index (κ3) is 8.54. The van der Waals surface area contributed by atoms with Gasteiger partial charge in [-0.1, -0.05) is 42.8 Å². The lowest BCUT2D eigenvalue weighted by molar-refractivity contribution is -0.107. The van der Waals surface area contributed by atoms with E-state index < -0.39 is 0 Å². The van der Waals surface area contributed by atoms with Crippen molar-refractivity contribution in [3.05, 3.63) is 81.5 Å². The molecule has 2 aromatic carbocycles. The molecule has 1 aliphatic carbocycles. The largest absolute Gasteiger partial charge is 0.494 e. The van der Waals surface area contributed by atoms with Gasteiger partial charge in [0, 0.05) is 13.0 Å². The second-order valence-electron chi connectivity index (χ2n) is 10.6. The Morgan fingerprint density at radius 2 is 1.93 bits per heavy atom. The van der Waals surface area contributed by atoms with Crippen molar-refractivity contribution in [1.82, 2.24) is 10.4 Å². The lowest BCUT2D eigenvalue weighted by atomic mass is 9.80. The Balaban J connectivity index is 1.25. The summed E-state index contributed by atoms with van der Waals surface area (Å²) in [5.41, 5.74) is 7.53. The summed E-state index contributed by atoms with van der Waals surface area (Å²) in [6.45, 7) is 5.13. The number of hydroxylamine groups is 1. The molecule has 4 rings (SSSR count). The average molecular weight is 547 g/mol. The van der Waals surface area contributed by atoms with Crippen LogP contribution in [0.25, 0.3) is 11.0 Å². The number of unbranched alkanes of at least 4 members (excludes halogenated alkanes) is 2. The minimum Gasteiger partial charge on any atom is -0.494 e. The highest BCUT2D eigenvalue weighted by atomic mass is 16.7. The lowest BCUT2D eigenvalue weighted by Crippen LogP contribution is -2.21. The fraction of sp³-hybridized carbons (Fsp3) is 0.455. The number of aldehydes is 1. The van der Waals surface area contributed by atoms with Crippen LogP contribution < -0.4 is 20.5 Å². The number of rotatable bonds is 15. The molecule has 0 radical (unpaired) electrons. The van der Waals surface area contributed by atoms with Gasteiger partial charge in [0.15, 0.2) is 5.43 Å². The van der Waals surface area contributed by atoms with E-state index in [0.29, 0.717) is 42.2 Å². The molecule has 214 valence electrons. The van der Waals surface area contributed by atoms with Crippen molar-refractivity contribution in [2.75, 3.05) is 26.7 Å². The predicted molar refractivity (Wildman–Crippen MR) is 159 cm³/mol. The van der Waals surface area contributed by atoms with E-state index in [1.54, 1.807) is 18.2 Å². The molecule has 0 saturated heterocycles. The number of allylic oxidation sites excluding steroid dienone is 1. The molecule has 0 aliphatic heterocycles. The number of hydrogen-bond donors (Lipinski definition) is 1. The van der Waals surface area contributed by atoms with Crippen LogP contribution in [0.3, 0.4) is 0 Å². The first-order valence-corrected chi connectivity index (χ1v) is 14.6. The highest BCUT2D eigenvalue weighted by molar-refractivity contribution is 5.78. The van der Waals surface area contributed by atoms with Crippen molar-refractivity contribution in [3.8, 4) is 11.7 Å². The zero-order chi connectivity index (χ0) is 28.2. The van der Waals surface area contributed by atoms with Gasteiger partial charge in [0.2, 0.25) is 0 Å². The summed E-state index contributed by atoms with van der Waals surface area (Å²) in [6, 6.07) is 15.4. The van der Waals surface area contributed by atoms with E-state index in [4.69, 9.17) is 14.0 Å². The molecular formula is C33H42N2O5. The van der Waals surface area contributed by atoms with Gasteiger partial charge in [-0.2, -0.15) is 0 Å². The molecule has 0 atom stereocenters. The molecule has 7 heteroatoms. The molecule has 1 aromatic heterocycles. The van der Waals surface area contributed by atoms with Crippen molar-refractivity contribution in [2.24, 2.45) is 0 Å². The summed E-state index contributed by atoms with van der Waals surface area (Å²) in [4.78, 5) is 31.0. The number of fused-ring (bicyclic) bond motifs is 1. The van der Waals surface area contributed by atoms with E-state index in [-0.39, 0.29) is 11.4 Å². The average Bonchev–Trinajstić information content (AvgIpc) is 2.97. The number of hydrogen-bond acceptors (Lipinski definition) is 7. The van der Waals surface area contributed by atoms with Gasteiger partial charge in [-0.05, 0) is 93.8 Å². The highest BCUT2D eigenvalue weighted by Crippen LogP contribution is 2.37. The van der Waals surface area contributed by atoms with Gasteiger partial charge in [0.25, 0.3) is 0 Å². The quantitative estimate of drug-likeness (QED) is 0.100. The standard InChI is InChI=1S/C33H42N2O5/c1-3-21-38-28-15-16-32-30(22-28)31(37)23-33(39-32)40-34-18-17-25-11-13-26(14-12-25)29-10-6-5-9-27(29)24-35(2)19-7-4-8-20-36/h5-6,9-10,15-17,20,22-23,26,34H,3-4,7-8,11-14,18-19,21,24H2,1-2H3. The van der Waals surface area contributed by atoms with E-state index in [1.807, 2.05) is 6.92 Å². The Bertz CT molecular complexity index is 1320. The first-order valence-electron chi connectivity index (χ1n) is 14.6. The van der Waals surface area contributed by atoms with Crippen LogP contribution in [0.5, 0.6) is 11.7 Å². The molecule has 0 amide bonds. The molecular weight excluding hydrogens is 504 g/mol. The smallest absolute Gasteiger partial charge is 0.308 e. The summed E-state index contributed by atoms with van der Waals surface area (Å²) in [5, 5.41) is 0.475. The van der Waals surface area contributed by atoms with Crippen LogP contribution in [-0.4, -0.2) is 37.9 Å². The maximum atomic E-state index is 12.6. The van der Waals surface area contributed by atoms with Gasteiger partial charge in [-0.3, -0.25) is 4.79 Å². The minimum absolute atomic E-state index is 0.146. The third-order valence-electron chi connectivity index (χ3n) is 7.47. The van der Waals surface area contributed by atoms with Crippen molar-refractivity contribution >= 4 is 17.3 Å². The van der Waals surface area contributed by atoms with Gasteiger partial charge in [0.1, 0.15) is 17.6 Å². The van der Waals surface area contributed by atoms with Crippen LogP contribution in [0.15, 0.2) is 69.4 Å². The number of nitrogens with zero attached hydrogens (tertiary/aromatic N) is 1. The van der Waals surface area contributed by atoms with E-state index >= 15 is 0 Å². The first-order chi connectivity index (χ1) is 19.6. The van der Waals surface area contributed by atoms with Gasteiger partial charge in [-0.15, -0.1) is 5.48 Å². The van der Waals surface area contributed by atoms with Crippen LogP contribution >= 0.6 is 0 Å². The second-order valence-corrected chi connectivity index (χ2v) is 10.6. The number of carbonyl (C=O) groups excluding carboxylic acids is 1. The van der Waals surface area contributed by atoms with Crippen LogP contribution in [0.2, 0.25) is 0 Å². The van der Waals surface area contributed by atoms with Crippen molar-refractivity contribution in [1.29, 1.82) is 0 Å². The van der Waals surface area contributed by atoms with Crippen LogP contribution in [0.1, 0.15) is 75.3 Å². The zero-order valence-corrected chi connectivity index (χ0v) is 23.8. The highest BCUT2D eigenvalue weighted by Gasteiger charge is 2.21. The summed E-state index contributed by atoms with van der Waals surface area (Å²) in [7, 11) is 2.16. The molecule has 0 bridgehead atoms. The molecule has 40 heavy (non-hydrogen) atoms. The third-order valence-corrected chi connectivity index (χ3v) is 7.47. The summed E-state index contributed by atoms with van der Waals surface area (Å²) in [6.07, 6.45) is 11.2. The normalized spacial score (nSPS) is 15.4.